The molecule has 4 saturated carbocycles. The van der Waals surface area contributed by atoms with Crippen LogP contribution in [0.1, 0.15) is 85.0 Å². The molecule has 0 unspecified atom stereocenters. The summed E-state index contributed by atoms with van der Waals surface area (Å²) in [7, 11) is 0.145. The maximum Gasteiger partial charge on any atom is 0.191 e. The number of hydrogen-bond donors (Lipinski definition) is 0. The molecule has 0 amide bonds. The third kappa shape index (κ3) is 7.95. The second kappa shape index (κ2) is 13.7. The molecule has 0 aromatic heterocycles. The van der Waals surface area contributed by atoms with Crippen LogP contribution in [0.5, 0.6) is 0 Å². The van der Waals surface area contributed by atoms with Crippen LogP contribution in [0.25, 0.3) is 0 Å². The Bertz CT molecular complexity index is 561. The minimum Gasteiger partial charge on any atom is -0.478 e. The fourth-order valence-corrected chi connectivity index (χ4v) is 9.27. The van der Waals surface area contributed by atoms with E-state index in [0.29, 0.717) is 6.61 Å². The van der Waals surface area contributed by atoms with Gasteiger partial charge in [0.15, 0.2) is 5.90 Å². The first-order valence-electron chi connectivity index (χ1n) is 12.9. The Balaban J connectivity index is 0.000000186. The van der Waals surface area contributed by atoms with Gasteiger partial charge in [-0.25, -0.2) is 4.99 Å². The van der Waals surface area contributed by atoms with Crippen LogP contribution in [0, 0.1) is 68.4 Å². The Morgan fingerprint density at radius 1 is 0.758 bits per heavy atom. The van der Waals surface area contributed by atoms with Crippen LogP contribution >= 0.6 is 7.92 Å². The van der Waals surface area contributed by atoms with Gasteiger partial charge in [-0.15, -0.1) is 0 Å². The Labute approximate surface area is 217 Å². The quantitative estimate of drug-likeness (QED) is 0.282. The van der Waals surface area contributed by atoms with Gasteiger partial charge in [-0.1, -0.05) is 67.2 Å². The number of ether oxygens (including phenoxy) is 1. The average molecular weight is 507 g/mol. The van der Waals surface area contributed by atoms with Crippen molar-refractivity contribution in [1.82, 2.24) is 0 Å². The first-order chi connectivity index (χ1) is 15.5. The predicted molar refractivity (Wildman–Crippen MR) is 138 cm³/mol. The largest absolute Gasteiger partial charge is 0.478 e. The molecule has 1 heterocycles. The zero-order valence-corrected chi connectivity index (χ0v) is 22.8. The van der Waals surface area contributed by atoms with Crippen molar-refractivity contribution in [3.8, 4) is 0 Å². The molecule has 0 spiro atoms. The molecular weight excluding hydrogens is 465 g/mol. The summed E-state index contributed by atoms with van der Waals surface area (Å²) in [4.78, 5) is 4.60. The van der Waals surface area contributed by atoms with Gasteiger partial charge >= 0.3 is 0 Å². The number of hydrogen-bond acceptors (Lipinski definition) is 2. The Morgan fingerprint density at radius 3 is 1.70 bits per heavy atom. The Hall–Kier alpha value is 0.419. The molecule has 5 rings (SSSR count). The van der Waals surface area contributed by atoms with Crippen LogP contribution in [0.2, 0.25) is 0 Å². The Morgan fingerprint density at radius 2 is 1.24 bits per heavy atom. The molecule has 5 aliphatic rings. The van der Waals surface area contributed by atoms with Gasteiger partial charge in [0.25, 0.3) is 0 Å². The summed E-state index contributed by atoms with van der Waals surface area (Å²) < 4.78 is 5.59. The van der Waals surface area contributed by atoms with Gasteiger partial charge in [-0.3, -0.25) is 0 Å². The van der Waals surface area contributed by atoms with E-state index in [-0.39, 0.29) is 36.4 Å². The fraction of sp³-hybridized carbons (Fsp3) is 0.621. The average Bonchev–Trinajstić information content (AvgIpc) is 3.57. The minimum atomic E-state index is 0. The molecule has 0 saturated heterocycles. The molecule has 182 valence electrons. The predicted octanol–water partition coefficient (Wildman–Crippen LogP) is 7.73. The first kappa shape index (κ1) is 28.0. The number of rotatable bonds is 4. The van der Waals surface area contributed by atoms with Gasteiger partial charge in [0, 0.05) is 22.7 Å². The van der Waals surface area contributed by atoms with Gasteiger partial charge in [-0.05, 0) is 93.8 Å². The molecule has 0 aromatic rings. The first-order valence-corrected chi connectivity index (χ1v) is 14.4. The van der Waals surface area contributed by atoms with Crippen LogP contribution in [-0.4, -0.2) is 29.9 Å². The minimum absolute atomic E-state index is 0. The summed E-state index contributed by atoms with van der Waals surface area (Å²) in [5.41, 5.74) is 4.02. The van der Waals surface area contributed by atoms with Gasteiger partial charge in [-0.2, -0.15) is 0 Å². The zero-order chi connectivity index (χ0) is 22.4. The fourth-order valence-electron chi connectivity index (χ4n) is 5.47. The summed E-state index contributed by atoms with van der Waals surface area (Å²) >= 11 is 0. The number of aliphatic imine (C=N–C) groups is 1. The molecule has 0 N–H and O–H groups in total. The van der Waals surface area contributed by atoms with Gasteiger partial charge in [0.05, 0.1) is 12.0 Å². The van der Waals surface area contributed by atoms with Crippen molar-refractivity contribution in [2.24, 2.45) is 10.4 Å². The van der Waals surface area contributed by atoms with Crippen molar-refractivity contribution in [3.63, 3.8) is 0 Å². The van der Waals surface area contributed by atoms with E-state index in [1.165, 1.54) is 64.2 Å². The van der Waals surface area contributed by atoms with Gasteiger partial charge in [0.1, 0.15) is 6.61 Å². The molecule has 1 aliphatic heterocycles. The number of nitrogens with zero attached hydrogens (tertiary/aromatic N) is 1. The summed E-state index contributed by atoms with van der Waals surface area (Å²) in [5, 5.41) is 0. The van der Waals surface area contributed by atoms with E-state index < -0.39 is 0 Å². The molecular formula is C29H42FeNOP. The van der Waals surface area contributed by atoms with Crippen molar-refractivity contribution in [2.45, 2.75) is 102 Å². The molecule has 4 heteroatoms. The second-order valence-electron chi connectivity index (χ2n) is 10.9. The van der Waals surface area contributed by atoms with E-state index in [9.17, 15) is 0 Å². The van der Waals surface area contributed by atoms with Crippen LogP contribution in [0.3, 0.4) is 0 Å². The summed E-state index contributed by atoms with van der Waals surface area (Å²) in [6, 6.07) is 0.285. The van der Waals surface area contributed by atoms with Crippen molar-refractivity contribution >= 4 is 13.8 Å². The van der Waals surface area contributed by atoms with E-state index >= 15 is 0 Å². The smallest absolute Gasteiger partial charge is 0.191 e. The van der Waals surface area contributed by atoms with Crippen LogP contribution < -0.4 is 0 Å². The maximum absolute atomic E-state index is 5.59. The molecule has 4 aliphatic carbocycles. The molecule has 2 nitrogen and oxygen atoms in total. The van der Waals surface area contributed by atoms with E-state index in [4.69, 9.17) is 4.74 Å². The van der Waals surface area contributed by atoms with E-state index in [2.05, 4.69) is 51.4 Å². The van der Waals surface area contributed by atoms with Crippen molar-refractivity contribution in [3.05, 3.63) is 62.9 Å². The molecule has 0 bridgehead atoms. The second-order valence-corrected chi connectivity index (χ2v) is 13.7. The molecule has 33 heavy (non-hydrogen) atoms. The third-order valence-corrected chi connectivity index (χ3v) is 10.9. The summed E-state index contributed by atoms with van der Waals surface area (Å²) in [6.45, 7) is 7.29. The van der Waals surface area contributed by atoms with E-state index in [1.54, 1.807) is 5.66 Å². The van der Waals surface area contributed by atoms with Crippen LogP contribution in [0.4, 0.5) is 0 Å². The monoisotopic (exact) mass is 507 g/mol. The van der Waals surface area contributed by atoms with E-state index in [1.807, 2.05) is 25.7 Å². The molecule has 0 aromatic carbocycles. The van der Waals surface area contributed by atoms with Gasteiger partial charge in [0.2, 0.25) is 0 Å². The van der Waals surface area contributed by atoms with Crippen molar-refractivity contribution in [2.75, 3.05) is 6.61 Å². The molecule has 4 fully saturated rings. The normalized spacial score (nSPS) is 28.2. The van der Waals surface area contributed by atoms with Crippen LogP contribution in [0.15, 0.2) is 4.99 Å². The third-order valence-electron chi connectivity index (χ3n) is 7.44. The summed E-state index contributed by atoms with van der Waals surface area (Å²) in [6.07, 6.45) is 32.5. The standard InChI is InChI=1S/C17H26P.C12H16NO.Fe/c1-3-9-15(10-4-1)18(17-13-7-8-14-17)16-11-5-2-6-12-16;1-12(2,3)10-8-14-11(13-10)9-6-4-5-7-9;/h7-8,13-16H,1-6,9-12H2;4-7,10H,8H2,1-3H3;/t;10-;/m.0./s1. The molecule has 10 radical (unpaired) electrons. The van der Waals surface area contributed by atoms with Gasteiger partial charge < -0.3 is 4.74 Å². The Kier molecular flexibility index (Phi) is 11.6. The van der Waals surface area contributed by atoms with Crippen molar-refractivity contribution in [1.29, 1.82) is 0 Å². The SMILES string of the molecule is CC(C)(C)[C@@H]1COC([C]2[CH][CH][CH][CH]2)=N1.[CH]1[CH][CH][C](P(C2CCCCC2)C2CCCCC2)[CH]1.[Fe]. The van der Waals surface area contributed by atoms with Crippen LogP contribution in [-0.2, 0) is 21.8 Å². The van der Waals surface area contributed by atoms with E-state index in [0.717, 1.165) is 23.1 Å². The topological polar surface area (TPSA) is 21.6 Å². The summed E-state index contributed by atoms with van der Waals surface area (Å²) in [5.74, 6) is 1.90. The van der Waals surface area contributed by atoms with Crippen molar-refractivity contribution < 1.29 is 21.8 Å². The zero-order valence-electron chi connectivity index (χ0n) is 20.8. The maximum atomic E-state index is 5.59. The molecule has 1 atom stereocenters.